The van der Waals surface area contributed by atoms with Crippen LogP contribution < -0.4 is 0 Å². The van der Waals surface area contributed by atoms with Crippen molar-refractivity contribution in [2.45, 2.75) is 5.79 Å². The second kappa shape index (κ2) is 4.01. The first-order valence-electron chi connectivity index (χ1n) is 1.58. The second-order valence-electron chi connectivity index (χ2n) is 0.671. The van der Waals surface area contributed by atoms with E-state index in [2.05, 4.69) is 3.58 Å². The van der Waals surface area contributed by atoms with Gasteiger partial charge in [-0.15, -0.1) is 0 Å². The number of hydrogen-bond donors (Lipinski definition) is 2. The van der Waals surface area contributed by atoms with Gasteiger partial charge in [0, 0.05) is 0 Å². The van der Waals surface area contributed by atoms with E-state index < -0.39 is 24.2 Å². The van der Waals surface area contributed by atoms with Crippen LogP contribution in [0.5, 0.6) is 0 Å². The van der Waals surface area contributed by atoms with Crippen LogP contribution in [0, 0.1) is 0 Å². The maximum Gasteiger partial charge on any atom is 0.442 e. The van der Waals surface area contributed by atoms with Crippen LogP contribution in [0.4, 0.5) is 0 Å². The van der Waals surface area contributed by atoms with E-state index in [1.54, 1.807) is 0 Å². The fourth-order valence-corrected chi connectivity index (χ4v) is 1.04. The highest BCUT2D eigenvalue weighted by atomic mass is 31.2. The van der Waals surface area contributed by atoms with E-state index in [1.165, 1.54) is 0 Å². The molecular formula is CH6AlO3P. The highest BCUT2D eigenvalue weighted by Gasteiger charge is 1.93. The first-order chi connectivity index (χ1) is 2.77. The minimum Gasteiger partial charge on any atom is -0.443 e. The summed E-state index contributed by atoms with van der Waals surface area (Å²) in [5.41, 5.74) is 0. The normalized spacial score (nSPS) is 9.33. The molecule has 0 heterocycles. The molecule has 0 fully saturated rings. The number of hydrogen-bond acceptors (Lipinski definition) is 3. The zero-order valence-electron chi connectivity index (χ0n) is 3.46. The molecule has 0 aliphatic carbocycles. The van der Waals surface area contributed by atoms with E-state index in [9.17, 15) is 0 Å². The molecule has 5 heteroatoms. The predicted molar refractivity (Wildman–Crippen MR) is 25.5 cm³/mol. The molecule has 0 rings (SSSR count). The van der Waals surface area contributed by atoms with Gasteiger partial charge in [0.2, 0.25) is 0 Å². The summed E-state index contributed by atoms with van der Waals surface area (Å²) in [6, 6.07) is 0. The molecule has 0 aromatic rings. The maximum atomic E-state index is 7.99. The Kier molecular flexibility index (Phi) is 4.58. The average molecular weight is 124 g/mol. The van der Waals surface area contributed by atoms with Crippen LogP contribution in [0.15, 0.2) is 0 Å². The molecule has 6 heavy (non-hydrogen) atoms. The topological polar surface area (TPSA) is 49.7 Å². The third kappa shape index (κ3) is 4.84. The minimum atomic E-state index is -2.04. The molecule has 0 aromatic carbocycles. The summed E-state index contributed by atoms with van der Waals surface area (Å²) < 4.78 is 4.36. The van der Waals surface area contributed by atoms with Gasteiger partial charge in [0.05, 0.1) is 0 Å². The SMILES string of the molecule is [CH3][AlH][O]P(O)O. The van der Waals surface area contributed by atoms with Gasteiger partial charge in [-0.1, -0.05) is 5.79 Å². The lowest BCUT2D eigenvalue weighted by molar-refractivity contribution is 0.385. The van der Waals surface area contributed by atoms with Gasteiger partial charge in [-0.25, -0.2) is 0 Å². The van der Waals surface area contributed by atoms with Gasteiger partial charge in [-0.2, -0.15) is 0 Å². The van der Waals surface area contributed by atoms with Crippen LogP contribution in [0.25, 0.3) is 0 Å². The van der Waals surface area contributed by atoms with Gasteiger partial charge >= 0.3 is 15.6 Å². The van der Waals surface area contributed by atoms with Gasteiger partial charge in [-0.3, -0.25) is 0 Å². The molecule has 0 radical (unpaired) electrons. The smallest absolute Gasteiger partial charge is 0.442 e. The van der Waals surface area contributed by atoms with E-state index in [0.29, 0.717) is 0 Å². The van der Waals surface area contributed by atoms with Crippen LogP contribution >= 0.6 is 8.60 Å². The average Bonchev–Trinajstić information content (AvgIpc) is 1.35. The van der Waals surface area contributed by atoms with E-state index >= 15 is 0 Å². The molecule has 0 atom stereocenters. The highest BCUT2D eigenvalue weighted by Crippen LogP contribution is 2.22. The Morgan fingerprint density at radius 2 is 2.17 bits per heavy atom. The summed E-state index contributed by atoms with van der Waals surface area (Å²) in [7, 11) is -2.04. The molecule has 0 saturated carbocycles. The summed E-state index contributed by atoms with van der Waals surface area (Å²) >= 11 is -0.605. The summed E-state index contributed by atoms with van der Waals surface area (Å²) in [5, 5.41) is 0. The number of rotatable bonds is 2. The Labute approximate surface area is 44.0 Å². The van der Waals surface area contributed by atoms with Crippen molar-refractivity contribution in [2.24, 2.45) is 0 Å². The van der Waals surface area contributed by atoms with E-state index in [4.69, 9.17) is 9.79 Å². The highest BCUT2D eigenvalue weighted by molar-refractivity contribution is 7.40. The molecule has 36 valence electrons. The standard InChI is InChI=1S/CH3.Al.H2O3P.H/c;;1-4(2)3;/h1H3;;1-2H;/q;+1;-1;. The van der Waals surface area contributed by atoms with Crippen LogP contribution in [0.2, 0.25) is 5.79 Å². The Balaban J connectivity index is 2.63. The fraction of sp³-hybridized carbons (Fsp3) is 1.00. The summed E-state index contributed by atoms with van der Waals surface area (Å²) in [6.45, 7) is 0. The molecule has 0 saturated heterocycles. The van der Waals surface area contributed by atoms with E-state index in [1.807, 2.05) is 5.79 Å². The summed E-state index contributed by atoms with van der Waals surface area (Å²) in [5.74, 6) is 1.84. The Bertz CT molecular complexity index is 32.0. The van der Waals surface area contributed by atoms with Crippen LogP contribution in [-0.4, -0.2) is 25.3 Å². The summed E-state index contributed by atoms with van der Waals surface area (Å²) in [4.78, 5) is 16.0. The molecule has 2 N–H and O–H groups in total. The molecule has 0 bridgehead atoms. The minimum absolute atomic E-state index is 0.605. The van der Waals surface area contributed by atoms with Gasteiger partial charge < -0.3 is 13.4 Å². The van der Waals surface area contributed by atoms with Crippen molar-refractivity contribution in [3.8, 4) is 0 Å². The lowest BCUT2D eigenvalue weighted by atomic mass is 11.9. The van der Waals surface area contributed by atoms with Crippen LogP contribution in [-0.2, 0) is 3.58 Å². The van der Waals surface area contributed by atoms with Crippen LogP contribution in [0.3, 0.4) is 0 Å². The Hall–Kier alpha value is 0.842. The fourth-order valence-electron chi connectivity index (χ4n) is 0.115. The van der Waals surface area contributed by atoms with Crippen molar-refractivity contribution >= 4 is 24.2 Å². The van der Waals surface area contributed by atoms with E-state index in [0.717, 1.165) is 0 Å². The summed E-state index contributed by atoms with van der Waals surface area (Å²) in [6.07, 6.45) is 0. The molecule has 0 amide bonds. The Morgan fingerprint density at radius 3 is 2.17 bits per heavy atom. The molecule has 0 spiro atoms. The third-order valence-electron chi connectivity index (χ3n) is 0.245. The zero-order valence-corrected chi connectivity index (χ0v) is 5.77. The maximum absolute atomic E-state index is 7.99. The van der Waals surface area contributed by atoms with Gasteiger partial charge in [0.1, 0.15) is 0 Å². The Morgan fingerprint density at radius 1 is 1.67 bits per heavy atom. The third-order valence-corrected chi connectivity index (χ3v) is 2.20. The van der Waals surface area contributed by atoms with Crippen molar-refractivity contribution in [3.05, 3.63) is 0 Å². The molecular weight excluding hydrogens is 118 g/mol. The van der Waals surface area contributed by atoms with Crippen molar-refractivity contribution in [1.29, 1.82) is 0 Å². The van der Waals surface area contributed by atoms with Gasteiger partial charge in [0.25, 0.3) is 8.60 Å². The lowest BCUT2D eigenvalue weighted by Gasteiger charge is -1.96. The quantitative estimate of drug-likeness (QED) is 0.389. The van der Waals surface area contributed by atoms with Crippen molar-refractivity contribution in [3.63, 3.8) is 0 Å². The molecule has 0 unspecified atom stereocenters. The largest absolute Gasteiger partial charge is 0.443 e. The lowest BCUT2D eigenvalue weighted by Crippen LogP contribution is -1.83. The van der Waals surface area contributed by atoms with Crippen LogP contribution in [0.1, 0.15) is 0 Å². The van der Waals surface area contributed by atoms with Crippen molar-refractivity contribution in [2.75, 3.05) is 0 Å². The van der Waals surface area contributed by atoms with Gasteiger partial charge in [0.15, 0.2) is 0 Å². The molecule has 0 aromatic heterocycles. The van der Waals surface area contributed by atoms with Crippen molar-refractivity contribution < 1.29 is 13.4 Å². The first-order valence-corrected chi connectivity index (χ1v) is 4.74. The van der Waals surface area contributed by atoms with Gasteiger partial charge in [-0.05, 0) is 0 Å². The predicted octanol–water partition coefficient (Wildman–Crippen LogP) is -0.386. The molecule has 3 nitrogen and oxygen atoms in total. The first kappa shape index (κ1) is 6.84. The van der Waals surface area contributed by atoms with E-state index in [-0.39, 0.29) is 0 Å². The molecule has 0 aliphatic heterocycles. The zero-order chi connectivity index (χ0) is 4.99. The molecule has 0 aliphatic rings. The second-order valence-corrected chi connectivity index (χ2v) is 2.79. The van der Waals surface area contributed by atoms with Crippen molar-refractivity contribution in [1.82, 2.24) is 0 Å². The monoisotopic (exact) mass is 124 g/mol.